The third-order valence-electron chi connectivity index (χ3n) is 3.75. The van der Waals surface area contributed by atoms with Gasteiger partial charge in [0.05, 0.1) is 0 Å². The lowest BCUT2D eigenvalue weighted by atomic mass is 9.85. The van der Waals surface area contributed by atoms with Crippen molar-refractivity contribution in [3.8, 4) is 0 Å². The van der Waals surface area contributed by atoms with E-state index in [0.717, 1.165) is 18.9 Å². The standard InChI is InChI=1S/C14H14ClF3N2O/c15-9-3-4-11-10(7-9)13(14(16,17)18,20-12(21)19-11)6-5-8-1-2-8/h3-8,12,19-21H,1-2H2/b6-5+/t12?,13-/m0/s1. The van der Waals surface area contributed by atoms with Gasteiger partial charge in [-0.2, -0.15) is 13.2 Å². The molecule has 0 bridgehead atoms. The molecule has 1 heterocycles. The second-order valence-electron chi connectivity index (χ2n) is 5.38. The number of benzene rings is 1. The summed E-state index contributed by atoms with van der Waals surface area (Å²) in [4.78, 5) is 0. The molecule has 1 aromatic carbocycles. The molecule has 1 unspecified atom stereocenters. The first-order valence-electron chi connectivity index (χ1n) is 6.60. The maximum atomic E-state index is 13.8. The van der Waals surface area contributed by atoms with Gasteiger partial charge >= 0.3 is 6.18 Å². The molecule has 7 heteroatoms. The second kappa shape index (κ2) is 4.90. The van der Waals surface area contributed by atoms with Crippen LogP contribution in [-0.4, -0.2) is 17.6 Å². The number of nitrogens with one attached hydrogen (secondary N) is 2. The van der Waals surface area contributed by atoms with Crippen LogP contribution in [0.1, 0.15) is 18.4 Å². The minimum atomic E-state index is -4.61. The highest BCUT2D eigenvalue weighted by molar-refractivity contribution is 6.30. The number of hydrogen-bond donors (Lipinski definition) is 3. The molecule has 2 atom stereocenters. The SMILES string of the molecule is OC1Nc2ccc(Cl)cc2[C@@](/C=C/C2CC2)(C(F)(F)F)N1. The van der Waals surface area contributed by atoms with Crippen LogP contribution in [0, 0.1) is 5.92 Å². The van der Waals surface area contributed by atoms with Gasteiger partial charge in [-0.1, -0.05) is 23.8 Å². The average Bonchev–Trinajstić information content (AvgIpc) is 3.19. The molecule has 114 valence electrons. The summed E-state index contributed by atoms with van der Waals surface area (Å²) >= 11 is 5.86. The van der Waals surface area contributed by atoms with E-state index in [0.29, 0.717) is 0 Å². The lowest BCUT2D eigenvalue weighted by Crippen LogP contribution is -2.61. The lowest BCUT2D eigenvalue weighted by molar-refractivity contribution is -0.194. The fraction of sp³-hybridized carbons (Fsp3) is 0.429. The molecule has 2 aliphatic rings. The van der Waals surface area contributed by atoms with Crippen LogP contribution in [0.25, 0.3) is 0 Å². The van der Waals surface area contributed by atoms with E-state index in [1.807, 2.05) is 0 Å². The largest absolute Gasteiger partial charge is 0.414 e. The van der Waals surface area contributed by atoms with E-state index >= 15 is 0 Å². The van der Waals surface area contributed by atoms with E-state index in [1.54, 1.807) is 6.08 Å². The van der Waals surface area contributed by atoms with Crippen molar-refractivity contribution >= 4 is 17.3 Å². The van der Waals surface area contributed by atoms with Crippen molar-refractivity contribution in [3.63, 3.8) is 0 Å². The number of hydrogen-bond acceptors (Lipinski definition) is 3. The molecular formula is C14H14ClF3N2O. The molecular weight excluding hydrogens is 305 g/mol. The van der Waals surface area contributed by atoms with Crippen LogP contribution in [-0.2, 0) is 5.54 Å². The summed E-state index contributed by atoms with van der Waals surface area (Å²) in [5.74, 6) is 0.181. The third-order valence-corrected chi connectivity index (χ3v) is 3.99. The molecule has 3 rings (SSSR count). The average molecular weight is 319 g/mol. The molecule has 1 aliphatic heterocycles. The van der Waals surface area contributed by atoms with Crippen molar-refractivity contribution in [2.45, 2.75) is 30.9 Å². The molecule has 3 nitrogen and oxygen atoms in total. The predicted molar refractivity (Wildman–Crippen MR) is 73.8 cm³/mol. The number of aliphatic hydroxyl groups is 1. The summed E-state index contributed by atoms with van der Waals surface area (Å²) in [6.07, 6.45) is -1.65. The minimum Gasteiger partial charge on any atom is -0.361 e. The Hall–Kier alpha value is -1.24. The van der Waals surface area contributed by atoms with Crippen molar-refractivity contribution < 1.29 is 18.3 Å². The molecule has 0 radical (unpaired) electrons. The van der Waals surface area contributed by atoms with Crippen LogP contribution in [0.15, 0.2) is 30.4 Å². The Labute approximate surface area is 124 Å². The Bertz CT molecular complexity index is 586. The van der Waals surface area contributed by atoms with Gasteiger partial charge in [-0.25, -0.2) is 0 Å². The fourth-order valence-electron chi connectivity index (χ4n) is 2.48. The Kier molecular flexibility index (Phi) is 3.43. The van der Waals surface area contributed by atoms with Gasteiger partial charge in [-0.15, -0.1) is 0 Å². The zero-order chi connectivity index (χ0) is 15.3. The summed E-state index contributed by atoms with van der Waals surface area (Å²) < 4.78 is 41.3. The summed E-state index contributed by atoms with van der Waals surface area (Å²) in [5, 5.41) is 14.7. The van der Waals surface area contributed by atoms with Crippen LogP contribution >= 0.6 is 11.6 Å². The monoisotopic (exact) mass is 318 g/mol. The first-order valence-corrected chi connectivity index (χ1v) is 6.98. The maximum Gasteiger partial charge on any atom is 0.414 e. The van der Waals surface area contributed by atoms with Crippen molar-refractivity contribution in [2.24, 2.45) is 5.92 Å². The normalized spacial score (nSPS) is 29.3. The molecule has 0 spiro atoms. The minimum absolute atomic E-state index is 0.0373. The summed E-state index contributed by atoms with van der Waals surface area (Å²) in [6, 6.07) is 4.19. The van der Waals surface area contributed by atoms with E-state index in [-0.39, 0.29) is 22.2 Å². The highest BCUT2D eigenvalue weighted by Crippen LogP contribution is 2.47. The van der Waals surface area contributed by atoms with Gasteiger partial charge in [0.15, 0.2) is 11.9 Å². The number of allylic oxidation sites excluding steroid dienone is 1. The highest BCUT2D eigenvalue weighted by Gasteiger charge is 2.58. The lowest BCUT2D eigenvalue weighted by Gasteiger charge is -2.42. The van der Waals surface area contributed by atoms with Gasteiger partial charge in [0.2, 0.25) is 0 Å². The number of halogens is 4. The second-order valence-corrected chi connectivity index (χ2v) is 5.82. The number of fused-ring (bicyclic) bond motifs is 1. The van der Waals surface area contributed by atoms with Gasteiger partial charge in [0.25, 0.3) is 0 Å². The first kappa shape index (κ1) is 14.7. The summed E-state index contributed by atoms with van der Waals surface area (Å²) in [6.45, 7) is 0. The van der Waals surface area contributed by atoms with Crippen LogP contribution in [0.5, 0.6) is 0 Å². The Morgan fingerprint density at radius 2 is 2.05 bits per heavy atom. The zero-order valence-corrected chi connectivity index (χ0v) is 11.7. The van der Waals surface area contributed by atoms with Gasteiger partial charge in [-0.3, -0.25) is 5.32 Å². The van der Waals surface area contributed by atoms with Crippen molar-refractivity contribution in [2.75, 3.05) is 5.32 Å². The number of alkyl halides is 3. The molecule has 21 heavy (non-hydrogen) atoms. The van der Waals surface area contributed by atoms with Crippen LogP contribution in [0.2, 0.25) is 5.02 Å². The molecule has 0 amide bonds. The predicted octanol–water partition coefficient (Wildman–Crippen LogP) is 3.35. The number of aliphatic hydroxyl groups excluding tert-OH is 1. The first-order chi connectivity index (χ1) is 9.82. The van der Waals surface area contributed by atoms with E-state index in [2.05, 4.69) is 10.6 Å². The van der Waals surface area contributed by atoms with Crippen LogP contribution in [0.4, 0.5) is 18.9 Å². The Morgan fingerprint density at radius 3 is 2.67 bits per heavy atom. The van der Waals surface area contributed by atoms with Gasteiger partial charge in [0, 0.05) is 16.3 Å². The van der Waals surface area contributed by atoms with Crippen molar-refractivity contribution in [1.82, 2.24) is 5.32 Å². The highest BCUT2D eigenvalue weighted by atomic mass is 35.5. The smallest absolute Gasteiger partial charge is 0.361 e. The van der Waals surface area contributed by atoms with E-state index in [9.17, 15) is 18.3 Å². The molecule has 0 saturated heterocycles. The number of rotatable bonds is 2. The van der Waals surface area contributed by atoms with Crippen molar-refractivity contribution in [1.29, 1.82) is 0 Å². The fourth-order valence-corrected chi connectivity index (χ4v) is 2.65. The van der Waals surface area contributed by atoms with E-state index < -0.39 is 18.1 Å². The van der Waals surface area contributed by atoms with Gasteiger partial charge in [-0.05, 0) is 37.0 Å². The van der Waals surface area contributed by atoms with Crippen LogP contribution < -0.4 is 10.6 Å². The van der Waals surface area contributed by atoms with E-state index in [1.165, 1.54) is 18.2 Å². The zero-order valence-electron chi connectivity index (χ0n) is 10.9. The molecule has 1 saturated carbocycles. The van der Waals surface area contributed by atoms with Gasteiger partial charge in [0.1, 0.15) is 0 Å². The molecule has 3 N–H and O–H groups in total. The topological polar surface area (TPSA) is 44.3 Å². The summed E-state index contributed by atoms with van der Waals surface area (Å²) in [7, 11) is 0. The summed E-state index contributed by atoms with van der Waals surface area (Å²) in [5.41, 5.74) is -2.27. The molecule has 1 fully saturated rings. The quantitative estimate of drug-likeness (QED) is 0.733. The van der Waals surface area contributed by atoms with Crippen LogP contribution in [0.3, 0.4) is 0 Å². The van der Waals surface area contributed by atoms with Gasteiger partial charge < -0.3 is 10.4 Å². The molecule has 1 aliphatic carbocycles. The molecule has 1 aromatic rings. The third kappa shape index (κ3) is 2.63. The van der Waals surface area contributed by atoms with Crippen molar-refractivity contribution in [3.05, 3.63) is 40.9 Å². The molecule has 0 aromatic heterocycles. The van der Waals surface area contributed by atoms with E-state index in [4.69, 9.17) is 11.6 Å². The maximum absolute atomic E-state index is 13.8. The Morgan fingerprint density at radius 1 is 1.33 bits per heavy atom. The Balaban J connectivity index is 2.16. The number of anilines is 1.